The fourth-order valence-corrected chi connectivity index (χ4v) is 2.64. The molecule has 5 nitrogen and oxygen atoms in total. The van der Waals surface area contributed by atoms with Crippen LogP contribution in [0.5, 0.6) is 0 Å². The smallest absolute Gasteiger partial charge is 0.341 e. The molecule has 1 aromatic rings. The van der Waals surface area contributed by atoms with Crippen LogP contribution in [0.1, 0.15) is 42.9 Å². The molecule has 20 heavy (non-hydrogen) atoms. The molecule has 0 aliphatic rings. The second-order valence-electron chi connectivity index (χ2n) is 4.93. The maximum atomic E-state index is 12.2. The highest BCUT2D eigenvalue weighted by molar-refractivity contribution is 7.16. The van der Waals surface area contributed by atoms with Gasteiger partial charge < -0.3 is 15.4 Å². The minimum atomic E-state index is -0.696. The van der Waals surface area contributed by atoms with Crippen molar-refractivity contribution < 1.29 is 14.3 Å². The van der Waals surface area contributed by atoms with Gasteiger partial charge in [-0.15, -0.1) is 11.3 Å². The van der Waals surface area contributed by atoms with E-state index in [1.165, 1.54) is 11.3 Å². The molecule has 0 radical (unpaired) electrons. The lowest BCUT2D eigenvalue weighted by atomic mass is 10.0. The number of rotatable bonds is 6. The summed E-state index contributed by atoms with van der Waals surface area (Å²) < 4.78 is 5.00. The number of esters is 1. The highest BCUT2D eigenvalue weighted by atomic mass is 32.1. The molecule has 0 aliphatic heterocycles. The summed E-state index contributed by atoms with van der Waals surface area (Å²) in [7, 11) is 0. The number of nitrogens with one attached hydrogen (secondary N) is 2. The monoisotopic (exact) mass is 298 g/mol. The van der Waals surface area contributed by atoms with Crippen molar-refractivity contribution in [3.63, 3.8) is 0 Å². The molecular formula is C14H22N2O3S. The van der Waals surface area contributed by atoms with Gasteiger partial charge in [-0.1, -0.05) is 6.92 Å². The molecule has 0 aliphatic carbocycles. The maximum Gasteiger partial charge on any atom is 0.341 e. The van der Waals surface area contributed by atoms with Crippen LogP contribution in [0.4, 0.5) is 5.00 Å². The van der Waals surface area contributed by atoms with Crippen LogP contribution in [0.15, 0.2) is 6.07 Å². The number of hydrogen-bond donors (Lipinski definition) is 2. The molecule has 0 saturated carbocycles. The predicted octanol–water partition coefficient (Wildman–Crippen LogP) is 2.56. The van der Waals surface area contributed by atoms with Gasteiger partial charge in [-0.05, 0) is 40.3 Å². The third-order valence-corrected chi connectivity index (χ3v) is 3.73. The van der Waals surface area contributed by atoms with Crippen molar-refractivity contribution in [2.45, 2.75) is 40.2 Å². The fourth-order valence-electron chi connectivity index (χ4n) is 1.75. The van der Waals surface area contributed by atoms with Crippen LogP contribution in [0.3, 0.4) is 0 Å². The van der Waals surface area contributed by atoms with Gasteiger partial charge >= 0.3 is 5.97 Å². The van der Waals surface area contributed by atoms with Crippen LogP contribution in [0, 0.1) is 6.92 Å². The zero-order valence-corrected chi connectivity index (χ0v) is 13.4. The standard InChI is InChI=1S/C14H22N2O3S/c1-6-15-14(4,5)13(18)16-11-10(8-9(3)20-11)12(17)19-7-2/h8,15H,6-7H2,1-5H3,(H,16,18). The molecule has 0 fully saturated rings. The number of aryl methyl sites for hydroxylation is 1. The van der Waals surface area contributed by atoms with Crippen LogP contribution >= 0.6 is 11.3 Å². The molecule has 0 saturated heterocycles. The molecule has 6 heteroatoms. The first kappa shape index (κ1) is 16.7. The summed E-state index contributed by atoms with van der Waals surface area (Å²) in [5.74, 6) is -0.583. The first-order valence-corrected chi connectivity index (χ1v) is 7.47. The first-order chi connectivity index (χ1) is 9.31. The van der Waals surface area contributed by atoms with Crippen LogP contribution < -0.4 is 10.6 Å². The molecule has 0 aromatic carbocycles. The van der Waals surface area contributed by atoms with Crippen LogP contribution in [-0.2, 0) is 9.53 Å². The number of carbonyl (C=O) groups is 2. The Hall–Kier alpha value is -1.40. The van der Waals surface area contributed by atoms with Gasteiger partial charge in [-0.25, -0.2) is 4.79 Å². The quantitative estimate of drug-likeness (QED) is 0.792. The highest BCUT2D eigenvalue weighted by Gasteiger charge is 2.28. The molecular weight excluding hydrogens is 276 g/mol. The van der Waals surface area contributed by atoms with Crippen LogP contribution in [0.25, 0.3) is 0 Å². The van der Waals surface area contributed by atoms with E-state index < -0.39 is 11.5 Å². The van der Waals surface area contributed by atoms with Crippen molar-refractivity contribution in [3.05, 3.63) is 16.5 Å². The van der Waals surface area contributed by atoms with E-state index in [0.717, 1.165) is 4.88 Å². The highest BCUT2D eigenvalue weighted by Crippen LogP contribution is 2.29. The van der Waals surface area contributed by atoms with Crippen molar-refractivity contribution in [2.24, 2.45) is 0 Å². The van der Waals surface area contributed by atoms with E-state index in [2.05, 4.69) is 10.6 Å². The van der Waals surface area contributed by atoms with Gasteiger partial charge in [0.05, 0.1) is 17.7 Å². The Morgan fingerprint density at radius 2 is 2.00 bits per heavy atom. The fraction of sp³-hybridized carbons (Fsp3) is 0.571. The SMILES string of the molecule is CCNC(C)(C)C(=O)Nc1sc(C)cc1C(=O)OCC. The Balaban J connectivity index is 2.92. The zero-order valence-electron chi connectivity index (χ0n) is 12.6. The summed E-state index contributed by atoms with van der Waals surface area (Å²) in [5.41, 5.74) is -0.284. The van der Waals surface area contributed by atoms with E-state index in [9.17, 15) is 9.59 Å². The summed E-state index contributed by atoms with van der Waals surface area (Å²) >= 11 is 1.37. The van der Waals surface area contributed by atoms with Gasteiger partial charge in [0.25, 0.3) is 0 Å². The average molecular weight is 298 g/mol. The van der Waals surface area contributed by atoms with Crippen molar-refractivity contribution in [2.75, 3.05) is 18.5 Å². The predicted molar refractivity (Wildman–Crippen MR) is 81.4 cm³/mol. The molecule has 0 atom stereocenters. The third-order valence-electron chi connectivity index (χ3n) is 2.76. The molecule has 1 aromatic heterocycles. The van der Waals surface area contributed by atoms with Crippen LogP contribution in [-0.4, -0.2) is 30.6 Å². The van der Waals surface area contributed by atoms with Gasteiger partial charge in [0.1, 0.15) is 5.00 Å². The molecule has 0 bridgehead atoms. The number of likely N-dealkylation sites (N-methyl/N-ethyl adjacent to an activating group) is 1. The van der Waals surface area contributed by atoms with Gasteiger partial charge in [0.15, 0.2) is 0 Å². The number of anilines is 1. The van der Waals surface area contributed by atoms with E-state index in [1.807, 2.05) is 13.8 Å². The lowest BCUT2D eigenvalue weighted by molar-refractivity contribution is -0.121. The third kappa shape index (κ3) is 4.05. The van der Waals surface area contributed by atoms with Gasteiger partial charge in [-0.2, -0.15) is 0 Å². The largest absolute Gasteiger partial charge is 0.462 e. The Labute approximate surface area is 123 Å². The van der Waals surface area contributed by atoms with Crippen molar-refractivity contribution in [3.8, 4) is 0 Å². The summed E-state index contributed by atoms with van der Waals surface area (Å²) in [6.45, 7) is 10.2. The van der Waals surface area contributed by atoms with Crippen molar-refractivity contribution in [1.82, 2.24) is 5.32 Å². The molecule has 112 valence electrons. The van der Waals surface area contributed by atoms with E-state index in [-0.39, 0.29) is 5.91 Å². The Kier molecular flexibility index (Phi) is 5.71. The summed E-state index contributed by atoms with van der Waals surface area (Å²) in [6.07, 6.45) is 0. The number of amides is 1. The van der Waals surface area contributed by atoms with Gasteiger partial charge in [0.2, 0.25) is 5.91 Å². The number of ether oxygens (including phenoxy) is 1. The summed E-state index contributed by atoms with van der Waals surface area (Å²) in [4.78, 5) is 25.0. The van der Waals surface area contributed by atoms with E-state index in [0.29, 0.717) is 23.7 Å². The Bertz CT molecular complexity index is 495. The Morgan fingerprint density at radius 3 is 2.55 bits per heavy atom. The number of hydrogen-bond acceptors (Lipinski definition) is 5. The normalized spacial score (nSPS) is 11.2. The molecule has 1 amide bonds. The minimum Gasteiger partial charge on any atom is -0.462 e. The first-order valence-electron chi connectivity index (χ1n) is 6.65. The van der Waals surface area contributed by atoms with Gasteiger partial charge in [-0.3, -0.25) is 4.79 Å². The molecule has 0 unspecified atom stereocenters. The molecule has 2 N–H and O–H groups in total. The lowest BCUT2D eigenvalue weighted by Gasteiger charge is -2.24. The van der Waals surface area contributed by atoms with E-state index in [4.69, 9.17) is 4.74 Å². The average Bonchev–Trinajstić information content (AvgIpc) is 2.70. The second kappa shape index (κ2) is 6.85. The number of thiophene rings is 1. The van der Waals surface area contributed by atoms with Gasteiger partial charge in [0, 0.05) is 4.88 Å². The summed E-state index contributed by atoms with van der Waals surface area (Å²) in [5, 5.41) is 6.45. The van der Waals surface area contributed by atoms with Crippen LogP contribution in [0.2, 0.25) is 0 Å². The maximum absolute atomic E-state index is 12.2. The van der Waals surface area contributed by atoms with E-state index in [1.54, 1.807) is 26.8 Å². The van der Waals surface area contributed by atoms with Crippen molar-refractivity contribution in [1.29, 1.82) is 0 Å². The summed E-state index contributed by atoms with van der Waals surface area (Å²) in [6, 6.07) is 1.73. The van der Waals surface area contributed by atoms with E-state index >= 15 is 0 Å². The lowest BCUT2D eigenvalue weighted by Crippen LogP contribution is -2.49. The molecule has 1 heterocycles. The van der Waals surface area contributed by atoms with Crippen molar-refractivity contribution >= 4 is 28.2 Å². The number of carbonyl (C=O) groups excluding carboxylic acids is 2. The Morgan fingerprint density at radius 1 is 1.35 bits per heavy atom. The molecule has 0 spiro atoms. The topological polar surface area (TPSA) is 67.4 Å². The zero-order chi connectivity index (χ0) is 15.3. The second-order valence-corrected chi connectivity index (χ2v) is 6.19. The minimum absolute atomic E-state index is 0.174. The molecule has 1 rings (SSSR count).